The third kappa shape index (κ3) is 3.50. The Labute approximate surface area is 63.7 Å². The minimum atomic E-state index is -0.748. The molecule has 7 heavy (non-hydrogen) atoms. The molecule has 0 spiro atoms. The minimum Gasteiger partial charge on any atom is -0.279 e. The Hall–Kier alpha value is 0.920. The Morgan fingerprint density at radius 3 is 1.86 bits per heavy atom. The predicted molar refractivity (Wildman–Crippen MR) is 37.1 cm³/mol. The highest BCUT2D eigenvalue weighted by Gasteiger charge is 2.22. The Bertz CT molecular complexity index is 85.4. The van der Waals surface area contributed by atoms with E-state index in [4.69, 9.17) is 11.6 Å². The zero-order valence-corrected chi connectivity index (χ0v) is 7.47. The molecule has 0 aliphatic carbocycles. The van der Waals surface area contributed by atoms with E-state index in [0.717, 1.165) is 0 Å². The molecule has 1 nitrogen and oxygen atoms in total. The lowest BCUT2D eigenvalue weighted by Gasteiger charge is -2.03. The maximum atomic E-state index is 10.1. The molecule has 0 saturated carbocycles. The molecule has 0 saturated heterocycles. The molecule has 4 heteroatoms. The number of alkyl halides is 2. The van der Waals surface area contributed by atoms with Crippen LogP contribution in [-0.2, 0) is 4.79 Å². The van der Waals surface area contributed by atoms with E-state index in [-0.39, 0.29) is 0 Å². The van der Waals surface area contributed by atoms with Crippen LogP contribution < -0.4 is 0 Å². The zero-order chi connectivity index (χ0) is 6.08. The summed E-state index contributed by atoms with van der Waals surface area (Å²) in [5.74, 6) is 0. The van der Waals surface area contributed by atoms with Gasteiger partial charge in [-0.1, -0.05) is 31.9 Å². The number of hydrogen-bond acceptors (Lipinski definition) is 1. The molecular formula is C3H3Br2ClO. The third-order valence-electron chi connectivity index (χ3n) is 0.345. The minimum absolute atomic E-state index is 0.451. The van der Waals surface area contributed by atoms with Gasteiger partial charge in [0.05, 0.1) is 0 Å². The van der Waals surface area contributed by atoms with Crippen molar-refractivity contribution in [1.29, 1.82) is 0 Å². The second kappa shape index (κ2) is 2.46. The van der Waals surface area contributed by atoms with E-state index in [1.54, 1.807) is 6.92 Å². The molecule has 42 valence electrons. The summed E-state index contributed by atoms with van der Waals surface area (Å²) in [6, 6.07) is 0. The van der Waals surface area contributed by atoms with Crippen molar-refractivity contribution in [3.05, 3.63) is 0 Å². The van der Waals surface area contributed by atoms with Crippen molar-refractivity contribution in [1.82, 2.24) is 0 Å². The van der Waals surface area contributed by atoms with Gasteiger partial charge in [0.15, 0.2) is 3.23 Å². The van der Waals surface area contributed by atoms with Gasteiger partial charge >= 0.3 is 0 Å². The van der Waals surface area contributed by atoms with Crippen LogP contribution in [0.1, 0.15) is 6.92 Å². The molecule has 0 aromatic rings. The van der Waals surface area contributed by atoms with Crippen LogP contribution >= 0.6 is 43.5 Å². The standard InChI is InChI=1S/C3H3Br2ClO/c1-3(4,5)2(6)7/h1H3. The first-order valence-corrected chi connectivity index (χ1v) is 3.49. The van der Waals surface area contributed by atoms with Crippen molar-refractivity contribution < 1.29 is 4.79 Å². The van der Waals surface area contributed by atoms with Crippen LogP contribution in [0.2, 0.25) is 0 Å². The second-order valence-corrected chi connectivity index (χ2v) is 5.74. The van der Waals surface area contributed by atoms with Gasteiger partial charge in [-0.25, -0.2) is 0 Å². The molecule has 0 aliphatic heterocycles. The van der Waals surface area contributed by atoms with Crippen molar-refractivity contribution in [2.45, 2.75) is 10.2 Å². The van der Waals surface area contributed by atoms with Gasteiger partial charge in [-0.3, -0.25) is 4.79 Å². The third-order valence-corrected chi connectivity index (χ3v) is 1.90. The van der Waals surface area contributed by atoms with E-state index in [0.29, 0.717) is 0 Å². The van der Waals surface area contributed by atoms with Crippen LogP contribution in [0.5, 0.6) is 0 Å². The number of rotatable bonds is 1. The molecule has 0 aromatic heterocycles. The Morgan fingerprint density at radius 1 is 1.71 bits per heavy atom. The average molecular weight is 250 g/mol. The predicted octanol–water partition coefficient (Wildman–Crippen LogP) is 2.26. The monoisotopic (exact) mass is 248 g/mol. The van der Waals surface area contributed by atoms with Crippen molar-refractivity contribution >= 4 is 48.7 Å². The van der Waals surface area contributed by atoms with Crippen LogP contribution in [0.4, 0.5) is 0 Å². The van der Waals surface area contributed by atoms with Gasteiger partial charge in [0.2, 0.25) is 5.24 Å². The van der Waals surface area contributed by atoms with Gasteiger partial charge < -0.3 is 0 Å². The molecule has 0 unspecified atom stereocenters. The van der Waals surface area contributed by atoms with Gasteiger partial charge in [-0.05, 0) is 18.5 Å². The van der Waals surface area contributed by atoms with E-state index in [1.165, 1.54) is 0 Å². The van der Waals surface area contributed by atoms with Crippen LogP contribution in [-0.4, -0.2) is 8.48 Å². The van der Waals surface area contributed by atoms with Crippen molar-refractivity contribution in [3.8, 4) is 0 Å². The van der Waals surface area contributed by atoms with Gasteiger partial charge in [-0.2, -0.15) is 0 Å². The van der Waals surface area contributed by atoms with Crippen LogP contribution in [0.3, 0.4) is 0 Å². The van der Waals surface area contributed by atoms with Crippen LogP contribution in [0.25, 0.3) is 0 Å². The molecule has 0 heterocycles. The lowest BCUT2D eigenvalue weighted by atomic mass is 10.5. The topological polar surface area (TPSA) is 17.1 Å². The molecule has 0 bridgehead atoms. The molecule has 0 fully saturated rings. The first kappa shape index (κ1) is 7.92. The highest BCUT2D eigenvalue weighted by atomic mass is 79.9. The molecule has 0 amide bonds. The molecular weight excluding hydrogens is 247 g/mol. The highest BCUT2D eigenvalue weighted by molar-refractivity contribution is 9.26. The first-order valence-electron chi connectivity index (χ1n) is 1.52. The quantitative estimate of drug-likeness (QED) is 0.515. The van der Waals surface area contributed by atoms with Crippen molar-refractivity contribution in [2.24, 2.45) is 0 Å². The fraction of sp³-hybridized carbons (Fsp3) is 0.667. The summed E-state index contributed by atoms with van der Waals surface area (Å²) in [4.78, 5) is 10.1. The summed E-state index contributed by atoms with van der Waals surface area (Å²) in [7, 11) is 0. The van der Waals surface area contributed by atoms with E-state index in [9.17, 15) is 4.79 Å². The van der Waals surface area contributed by atoms with E-state index in [1.807, 2.05) is 0 Å². The maximum absolute atomic E-state index is 10.1. The fourth-order valence-corrected chi connectivity index (χ4v) is 0. The number of hydrogen-bond donors (Lipinski definition) is 0. The normalized spacial score (nSPS) is 11.4. The van der Waals surface area contributed by atoms with Crippen LogP contribution in [0.15, 0.2) is 0 Å². The number of carbonyl (C=O) groups excluding carboxylic acids is 1. The van der Waals surface area contributed by atoms with Gasteiger partial charge in [0.25, 0.3) is 0 Å². The van der Waals surface area contributed by atoms with E-state index >= 15 is 0 Å². The lowest BCUT2D eigenvalue weighted by molar-refractivity contribution is -0.111. The zero-order valence-electron chi connectivity index (χ0n) is 3.54. The summed E-state index contributed by atoms with van der Waals surface area (Å²) in [6.45, 7) is 1.61. The largest absolute Gasteiger partial charge is 0.279 e. The van der Waals surface area contributed by atoms with E-state index < -0.39 is 8.48 Å². The molecule has 0 N–H and O–H groups in total. The summed E-state index contributed by atoms with van der Waals surface area (Å²) < 4.78 is -0.748. The van der Waals surface area contributed by atoms with Gasteiger partial charge in [-0.15, -0.1) is 0 Å². The molecule has 0 radical (unpaired) electrons. The van der Waals surface area contributed by atoms with E-state index in [2.05, 4.69) is 31.9 Å². The molecule has 0 aliphatic rings. The van der Waals surface area contributed by atoms with Crippen LogP contribution in [0, 0.1) is 0 Å². The lowest BCUT2D eigenvalue weighted by Crippen LogP contribution is -2.12. The summed E-state index contributed by atoms with van der Waals surface area (Å²) in [5, 5.41) is -0.451. The number of carbonyl (C=O) groups is 1. The average Bonchev–Trinajstić information content (AvgIpc) is 1.31. The molecule has 0 rings (SSSR count). The Kier molecular flexibility index (Phi) is 2.79. The maximum Gasteiger partial charge on any atom is 0.248 e. The highest BCUT2D eigenvalue weighted by Crippen LogP contribution is 2.27. The van der Waals surface area contributed by atoms with Crippen molar-refractivity contribution in [3.63, 3.8) is 0 Å². The first-order chi connectivity index (χ1) is 2.94. The summed E-state index contributed by atoms with van der Waals surface area (Å²) in [6.07, 6.45) is 0. The second-order valence-electron chi connectivity index (χ2n) is 1.16. The summed E-state index contributed by atoms with van der Waals surface area (Å²) in [5.41, 5.74) is 0. The van der Waals surface area contributed by atoms with Crippen molar-refractivity contribution in [2.75, 3.05) is 0 Å². The number of halogens is 3. The summed E-state index contributed by atoms with van der Waals surface area (Å²) >= 11 is 11.0. The SMILES string of the molecule is CC(Br)(Br)C(=O)Cl. The van der Waals surface area contributed by atoms with Gasteiger partial charge in [0, 0.05) is 0 Å². The fourth-order valence-electron chi connectivity index (χ4n) is 0. The van der Waals surface area contributed by atoms with Gasteiger partial charge in [0.1, 0.15) is 0 Å². The Balaban J connectivity index is 3.79. The Morgan fingerprint density at radius 2 is 1.86 bits per heavy atom. The smallest absolute Gasteiger partial charge is 0.248 e. The molecule has 0 aromatic carbocycles. The molecule has 0 atom stereocenters.